The van der Waals surface area contributed by atoms with Gasteiger partial charge >= 0.3 is 0 Å². The Bertz CT molecular complexity index is 754. The molecule has 6 heteroatoms. The number of anilines is 3. The number of rotatable bonds is 3. The van der Waals surface area contributed by atoms with Gasteiger partial charge in [-0.15, -0.1) is 0 Å². The second kappa shape index (κ2) is 6.00. The minimum Gasteiger partial charge on any atom is -0.482 e. The Labute approximate surface area is 134 Å². The third-order valence-corrected chi connectivity index (χ3v) is 3.52. The molecule has 1 aliphatic heterocycles. The molecule has 3 rings (SSSR count). The van der Waals surface area contributed by atoms with Crippen LogP contribution in [0.1, 0.15) is 10.4 Å². The standard InChI is InChI=1S/C17H17N3O3/c1-20(2)13-6-3-11(4-7-13)17(22)18-12-5-8-15-14(9-12)19-16(21)10-23-15/h3-9H,10H2,1-2H3,(H,18,22)(H,19,21). The van der Waals surface area contributed by atoms with Gasteiger partial charge in [0, 0.05) is 31.0 Å². The molecular formula is C17H17N3O3. The number of carbonyl (C=O) groups excluding carboxylic acids is 2. The monoisotopic (exact) mass is 311 g/mol. The van der Waals surface area contributed by atoms with Crippen LogP contribution in [-0.4, -0.2) is 32.5 Å². The summed E-state index contributed by atoms with van der Waals surface area (Å²) in [5, 5.41) is 5.52. The largest absolute Gasteiger partial charge is 0.482 e. The van der Waals surface area contributed by atoms with E-state index in [1.807, 2.05) is 31.1 Å². The van der Waals surface area contributed by atoms with Crippen LogP contribution in [0.5, 0.6) is 5.75 Å². The molecule has 0 atom stereocenters. The van der Waals surface area contributed by atoms with Gasteiger partial charge in [-0.1, -0.05) is 0 Å². The van der Waals surface area contributed by atoms with Crippen molar-refractivity contribution in [1.29, 1.82) is 0 Å². The van der Waals surface area contributed by atoms with E-state index in [1.165, 1.54) is 0 Å². The first-order valence-corrected chi connectivity index (χ1v) is 7.18. The molecule has 0 saturated carbocycles. The van der Waals surface area contributed by atoms with Crippen molar-refractivity contribution in [2.75, 3.05) is 36.2 Å². The van der Waals surface area contributed by atoms with Crippen molar-refractivity contribution in [3.8, 4) is 5.75 Å². The Morgan fingerprint density at radius 1 is 1.17 bits per heavy atom. The van der Waals surface area contributed by atoms with Crippen LogP contribution in [0.3, 0.4) is 0 Å². The molecule has 0 bridgehead atoms. The van der Waals surface area contributed by atoms with E-state index in [0.29, 0.717) is 22.7 Å². The Morgan fingerprint density at radius 2 is 1.91 bits per heavy atom. The van der Waals surface area contributed by atoms with Gasteiger partial charge < -0.3 is 20.3 Å². The first-order chi connectivity index (χ1) is 11.0. The summed E-state index contributed by atoms with van der Waals surface area (Å²) in [4.78, 5) is 25.6. The van der Waals surface area contributed by atoms with E-state index >= 15 is 0 Å². The van der Waals surface area contributed by atoms with Crippen LogP contribution in [0.15, 0.2) is 42.5 Å². The van der Waals surface area contributed by atoms with Crippen LogP contribution in [-0.2, 0) is 4.79 Å². The molecule has 2 amide bonds. The van der Waals surface area contributed by atoms with Gasteiger partial charge in [0.25, 0.3) is 11.8 Å². The van der Waals surface area contributed by atoms with Crippen LogP contribution < -0.4 is 20.3 Å². The number of hydrogen-bond acceptors (Lipinski definition) is 4. The normalized spacial score (nSPS) is 12.7. The van der Waals surface area contributed by atoms with Gasteiger partial charge in [-0.2, -0.15) is 0 Å². The number of carbonyl (C=O) groups is 2. The smallest absolute Gasteiger partial charge is 0.262 e. The topological polar surface area (TPSA) is 70.7 Å². The lowest BCUT2D eigenvalue weighted by Gasteiger charge is -2.18. The maximum atomic E-state index is 12.3. The van der Waals surface area contributed by atoms with E-state index in [0.717, 1.165) is 5.69 Å². The minimum atomic E-state index is -0.210. The molecule has 2 N–H and O–H groups in total. The number of nitrogens with one attached hydrogen (secondary N) is 2. The summed E-state index contributed by atoms with van der Waals surface area (Å²) >= 11 is 0. The summed E-state index contributed by atoms with van der Waals surface area (Å²) < 4.78 is 5.29. The third kappa shape index (κ3) is 3.26. The van der Waals surface area contributed by atoms with Gasteiger partial charge in [-0.05, 0) is 42.5 Å². The van der Waals surface area contributed by atoms with Crippen molar-refractivity contribution in [3.05, 3.63) is 48.0 Å². The van der Waals surface area contributed by atoms with Gasteiger partial charge in [-0.3, -0.25) is 9.59 Å². The Kier molecular flexibility index (Phi) is 3.89. The third-order valence-electron chi connectivity index (χ3n) is 3.52. The first kappa shape index (κ1) is 14.9. The summed E-state index contributed by atoms with van der Waals surface area (Å²) in [7, 11) is 3.89. The molecule has 118 valence electrons. The lowest BCUT2D eigenvalue weighted by Crippen LogP contribution is -2.25. The fourth-order valence-corrected chi connectivity index (χ4v) is 2.28. The van der Waals surface area contributed by atoms with Gasteiger partial charge in [0.05, 0.1) is 5.69 Å². The molecule has 23 heavy (non-hydrogen) atoms. The summed E-state index contributed by atoms with van der Waals surface area (Å²) in [5.41, 5.74) is 2.74. The highest BCUT2D eigenvalue weighted by Crippen LogP contribution is 2.30. The van der Waals surface area contributed by atoms with Crippen molar-refractivity contribution in [3.63, 3.8) is 0 Å². The van der Waals surface area contributed by atoms with Crippen molar-refractivity contribution in [2.24, 2.45) is 0 Å². The number of fused-ring (bicyclic) bond motifs is 1. The SMILES string of the molecule is CN(C)c1ccc(C(=O)Nc2ccc3c(c2)NC(=O)CO3)cc1. The lowest BCUT2D eigenvalue weighted by atomic mass is 10.1. The average Bonchev–Trinajstić information content (AvgIpc) is 2.54. The number of amides is 2. The molecule has 6 nitrogen and oxygen atoms in total. The van der Waals surface area contributed by atoms with Crippen molar-refractivity contribution >= 4 is 28.9 Å². The zero-order chi connectivity index (χ0) is 16.4. The summed E-state index contributed by atoms with van der Waals surface area (Å²) in [6.45, 7) is 0.0108. The fraction of sp³-hybridized carbons (Fsp3) is 0.176. The molecule has 1 aliphatic rings. The maximum absolute atomic E-state index is 12.3. The average molecular weight is 311 g/mol. The highest BCUT2D eigenvalue weighted by molar-refractivity contribution is 6.05. The van der Waals surface area contributed by atoms with Gasteiger partial charge in [0.2, 0.25) is 0 Å². The summed E-state index contributed by atoms with van der Waals surface area (Å²) in [6, 6.07) is 12.5. The van der Waals surface area contributed by atoms with E-state index < -0.39 is 0 Å². The Balaban J connectivity index is 1.75. The van der Waals surface area contributed by atoms with Gasteiger partial charge in [-0.25, -0.2) is 0 Å². The molecule has 0 fully saturated rings. The summed E-state index contributed by atoms with van der Waals surface area (Å²) in [5.74, 6) is 0.177. The number of nitrogens with zero attached hydrogens (tertiary/aromatic N) is 1. The second-order valence-electron chi connectivity index (χ2n) is 5.44. The van der Waals surface area contributed by atoms with Crippen molar-refractivity contribution in [1.82, 2.24) is 0 Å². The van der Waals surface area contributed by atoms with E-state index in [9.17, 15) is 9.59 Å². The molecular weight excluding hydrogens is 294 g/mol. The predicted octanol–water partition coefficient (Wildman–Crippen LogP) is 2.34. The second-order valence-corrected chi connectivity index (χ2v) is 5.44. The van der Waals surface area contributed by atoms with Crippen molar-refractivity contribution in [2.45, 2.75) is 0 Å². The molecule has 0 unspecified atom stereocenters. The van der Waals surface area contributed by atoms with E-state index in [1.54, 1.807) is 30.3 Å². The molecule has 0 radical (unpaired) electrons. The number of hydrogen-bond donors (Lipinski definition) is 2. The Hall–Kier alpha value is -3.02. The van der Waals surface area contributed by atoms with Crippen LogP contribution in [0.4, 0.5) is 17.1 Å². The van der Waals surface area contributed by atoms with E-state index in [-0.39, 0.29) is 18.4 Å². The van der Waals surface area contributed by atoms with Gasteiger partial charge in [0.1, 0.15) is 5.75 Å². The zero-order valence-electron chi connectivity index (χ0n) is 12.9. The highest BCUT2D eigenvalue weighted by atomic mass is 16.5. The predicted molar refractivity (Wildman–Crippen MR) is 89.3 cm³/mol. The molecule has 0 saturated heterocycles. The quantitative estimate of drug-likeness (QED) is 0.913. The molecule has 0 aliphatic carbocycles. The van der Waals surface area contributed by atoms with Gasteiger partial charge in [0.15, 0.2) is 6.61 Å². The van der Waals surface area contributed by atoms with Crippen LogP contribution in [0.2, 0.25) is 0 Å². The molecule has 1 heterocycles. The van der Waals surface area contributed by atoms with Crippen LogP contribution in [0.25, 0.3) is 0 Å². The number of benzene rings is 2. The van der Waals surface area contributed by atoms with E-state index in [4.69, 9.17) is 4.74 Å². The molecule has 2 aromatic carbocycles. The highest BCUT2D eigenvalue weighted by Gasteiger charge is 2.16. The van der Waals surface area contributed by atoms with Crippen molar-refractivity contribution < 1.29 is 14.3 Å². The Morgan fingerprint density at radius 3 is 2.61 bits per heavy atom. The van der Waals surface area contributed by atoms with Crippen LogP contribution >= 0.6 is 0 Å². The summed E-state index contributed by atoms with van der Waals surface area (Å²) in [6.07, 6.45) is 0. The molecule has 0 spiro atoms. The minimum absolute atomic E-state index is 0.0108. The zero-order valence-corrected chi connectivity index (χ0v) is 12.9. The molecule has 2 aromatic rings. The lowest BCUT2D eigenvalue weighted by molar-refractivity contribution is -0.118. The van der Waals surface area contributed by atoms with Crippen LogP contribution in [0, 0.1) is 0 Å². The fourth-order valence-electron chi connectivity index (χ4n) is 2.28. The first-order valence-electron chi connectivity index (χ1n) is 7.18. The number of ether oxygens (including phenoxy) is 1. The maximum Gasteiger partial charge on any atom is 0.262 e. The van der Waals surface area contributed by atoms with E-state index in [2.05, 4.69) is 10.6 Å². The molecule has 0 aromatic heterocycles.